The third kappa shape index (κ3) is 4.13. The van der Waals surface area contributed by atoms with Crippen molar-refractivity contribution in [1.29, 1.82) is 0 Å². The van der Waals surface area contributed by atoms with Crippen molar-refractivity contribution < 1.29 is 19.1 Å². The molecule has 0 unspecified atom stereocenters. The molecule has 2 aromatic rings. The summed E-state index contributed by atoms with van der Waals surface area (Å²) in [6, 6.07) is 11.3. The van der Waals surface area contributed by atoms with Gasteiger partial charge in [-0.25, -0.2) is 0 Å². The minimum Gasteiger partial charge on any atom is -0.493 e. The van der Waals surface area contributed by atoms with Crippen molar-refractivity contribution >= 4 is 17.7 Å². The van der Waals surface area contributed by atoms with Crippen LogP contribution < -0.4 is 4.74 Å². The van der Waals surface area contributed by atoms with Crippen LogP contribution >= 0.6 is 0 Å². The Labute approximate surface area is 193 Å². The molecular formula is C26H29N3O4. The Kier molecular flexibility index (Phi) is 5.89. The zero-order valence-corrected chi connectivity index (χ0v) is 19.0. The normalized spacial score (nSPS) is 17.8. The van der Waals surface area contributed by atoms with E-state index in [0.717, 1.165) is 51.3 Å². The molecule has 0 saturated carbocycles. The van der Waals surface area contributed by atoms with Crippen LogP contribution in [0.15, 0.2) is 36.4 Å². The van der Waals surface area contributed by atoms with E-state index in [1.54, 1.807) is 18.2 Å². The van der Waals surface area contributed by atoms with Gasteiger partial charge in [0.2, 0.25) is 0 Å². The maximum Gasteiger partial charge on any atom is 0.261 e. The Morgan fingerprint density at radius 2 is 1.76 bits per heavy atom. The van der Waals surface area contributed by atoms with Crippen LogP contribution in [0.3, 0.4) is 0 Å². The van der Waals surface area contributed by atoms with Crippen molar-refractivity contribution in [2.24, 2.45) is 0 Å². The summed E-state index contributed by atoms with van der Waals surface area (Å²) in [6.07, 6.45) is 2.65. The molecular weight excluding hydrogens is 418 g/mol. The second kappa shape index (κ2) is 8.98. The molecule has 7 heteroatoms. The molecule has 172 valence electrons. The van der Waals surface area contributed by atoms with Gasteiger partial charge in [-0.05, 0) is 41.8 Å². The molecule has 0 aliphatic carbocycles. The molecule has 0 atom stereocenters. The van der Waals surface area contributed by atoms with Gasteiger partial charge < -0.3 is 9.64 Å². The summed E-state index contributed by atoms with van der Waals surface area (Å²) in [5.74, 6) is 0.369. The average Bonchev–Trinajstić information content (AvgIpc) is 3.40. The number of hydrogen-bond donors (Lipinski definition) is 0. The fourth-order valence-electron chi connectivity index (χ4n) is 4.83. The molecule has 3 heterocycles. The third-order valence-electron chi connectivity index (χ3n) is 6.77. The molecule has 1 fully saturated rings. The monoisotopic (exact) mass is 447 g/mol. The molecule has 0 N–H and O–H groups in total. The number of ether oxygens (including phenoxy) is 1. The van der Waals surface area contributed by atoms with Crippen molar-refractivity contribution in [2.45, 2.75) is 32.7 Å². The summed E-state index contributed by atoms with van der Waals surface area (Å²) in [7, 11) is 0. The van der Waals surface area contributed by atoms with Gasteiger partial charge in [0.15, 0.2) is 0 Å². The molecule has 2 aromatic carbocycles. The highest BCUT2D eigenvalue weighted by Crippen LogP contribution is 2.27. The number of nitrogens with zero attached hydrogens (tertiary/aromatic N) is 3. The molecule has 3 amide bonds. The number of amides is 3. The third-order valence-corrected chi connectivity index (χ3v) is 6.77. The predicted octanol–water partition coefficient (Wildman–Crippen LogP) is 2.98. The molecule has 0 aromatic heterocycles. The lowest BCUT2D eigenvalue weighted by Gasteiger charge is -2.35. The van der Waals surface area contributed by atoms with E-state index >= 15 is 0 Å². The van der Waals surface area contributed by atoms with Crippen molar-refractivity contribution in [3.05, 3.63) is 64.2 Å². The summed E-state index contributed by atoms with van der Waals surface area (Å²) in [5, 5.41) is 0. The number of rotatable bonds is 6. The van der Waals surface area contributed by atoms with Gasteiger partial charge in [-0.1, -0.05) is 25.5 Å². The van der Waals surface area contributed by atoms with E-state index in [1.807, 2.05) is 11.8 Å². The van der Waals surface area contributed by atoms with E-state index in [4.69, 9.17) is 4.74 Å². The second-order valence-corrected chi connectivity index (χ2v) is 8.98. The fourth-order valence-corrected chi connectivity index (χ4v) is 4.83. The van der Waals surface area contributed by atoms with Gasteiger partial charge in [0.25, 0.3) is 17.7 Å². The summed E-state index contributed by atoms with van der Waals surface area (Å²) in [5.41, 5.74) is 3.77. The highest BCUT2D eigenvalue weighted by atomic mass is 16.5. The zero-order valence-electron chi connectivity index (χ0n) is 19.0. The van der Waals surface area contributed by atoms with Crippen molar-refractivity contribution in [1.82, 2.24) is 14.7 Å². The van der Waals surface area contributed by atoms with E-state index in [2.05, 4.69) is 23.1 Å². The predicted molar refractivity (Wildman–Crippen MR) is 124 cm³/mol. The Hall–Kier alpha value is -3.19. The molecule has 1 saturated heterocycles. The standard InChI is InChI=1S/C26H29N3O4/c1-2-3-9-29-25(31)21-6-5-20(16-22(21)26(29)32)24(30)28-12-10-27(11-13-28)17-18-4-7-23-19(15-18)8-14-33-23/h4-7,15-16H,2-3,8-14,17H2,1H3. The van der Waals surface area contributed by atoms with Crippen LogP contribution in [0.2, 0.25) is 0 Å². The molecule has 3 aliphatic heterocycles. The zero-order chi connectivity index (χ0) is 22.9. The number of carbonyl (C=O) groups excluding carboxylic acids is 3. The van der Waals surface area contributed by atoms with E-state index in [-0.39, 0.29) is 17.7 Å². The lowest BCUT2D eigenvalue weighted by Crippen LogP contribution is -2.48. The quantitative estimate of drug-likeness (QED) is 0.637. The van der Waals surface area contributed by atoms with Gasteiger partial charge in [-0.15, -0.1) is 0 Å². The summed E-state index contributed by atoms with van der Waals surface area (Å²) in [4.78, 5) is 43.9. The Balaban J connectivity index is 1.21. The maximum atomic E-state index is 13.1. The number of unbranched alkanes of at least 4 members (excludes halogenated alkanes) is 1. The van der Waals surface area contributed by atoms with Crippen LogP contribution in [-0.2, 0) is 13.0 Å². The largest absolute Gasteiger partial charge is 0.493 e. The van der Waals surface area contributed by atoms with Gasteiger partial charge in [0, 0.05) is 51.3 Å². The van der Waals surface area contributed by atoms with Gasteiger partial charge in [-0.3, -0.25) is 24.2 Å². The topological polar surface area (TPSA) is 70.2 Å². The lowest BCUT2D eigenvalue weighted by atomic mass is 10.0. The number of carbonyl (C=O) groups is 3. The van der Waals surface area contributed by atoms with Crippen LogP contribution in [0.25, 0.3) is 0 Å². The number of piperazine rings is 1. The highest BCUT2D eigenvalue weighted by molar-refractivity contribution is 6.22. The summed E-state index contributed by atoms with van der Waals surface area (Å²) < 4.78 is 5.59. The number of hydrogen-bond acceptors (Lipinski definition) is 5. The number of imide groups is 1. The molecule has 7 nitrogen and oxygen atoms in total. The van der Waals surface area contributed by atoms with Gasteiger partial charge in [-0.2, -0.15) is 0 Å². The molecule has 0 radical (unpaired) electrons. The molecule has 5 rings (SSSR count). The van der Waals surface area contributed by atoms with Crippen LogP contribution in [0.4, 0.5) is 0 Å². The summed E-state index contributed by atoms with van der Waals surface area (Å²) >= 11 is 0. The first-order valence-corrected chi connectivity index (χ1v) is 11.8. The Bertz CT molecular complexity index is 1100. The molecule has 0 bridgehead atoms. The van der Waals surface area contributed by atoms with Crippen LogP contribution in [-0.4, -0.2) is 71.8 Å². The van der Waals surface area contributed by atoms with Gasteiger partial charge in [0.1, 0.15) is 5.75 Å². The van der Waals surface area contributed by atoms with Crippen LogP contribution in [0, 0.1) is 0 Å². The Morgan fingerprint density at radius 3 is 2.55 bits per heavy atom. The molecule has 3 aliphatic rings. The van der Waals surface area contributed by atoms with Crippen LogP contribution in [0.5, 0.6) is 5.75 Å². The molecule has 0 spiro atoms. The minimum absolute atomic E-state index is 0.0839. The Morgan fingerprint density at radius 1 is 0.970 bits per heavy atom. The molecule has 33 heavy (non-hydrogen) atoms. The smallest absolute Gasteiger partial charge is 0.261 e. The first-order valence-electron chi connectivity index (χ1n) is 11.8. The van der Waals surface area contributed by atoms with Crippen molar-refractivity contribution in [3.63, 3.8) is 0 Å². The second-order valence-electron chi connectivity index (χ2n) is 8.98. The first-order chi connectivity index (χ1) is 16.0. The minimum atomic E-state index is -0.289. The van der Waals surface area contributed by atoms with E-state index in [1.165, 1.54) is 16.0 Å². The van der Waals surface area contributed by atoms with Gasteiger partial charge >= 0.3 is 0 Å². The lowest BCUT2D eigenvalue weighted by molar-refractivity contribution is 0.0626. The van der Waals surface area contributed by atoms with Gasteiger partial charge in [0.05, 0.1) is 17.7 Å². The van der Waals surface area contributed by atoms with E-state index < -0.39 is 0 Å². The highest BCUT2D eigenvalue weighted by Gasteiger charge is 2.36. The van der Waals surface area contributed by atoms with Crippen LogP contribution in [0.1, 0.15) is 62.0 Å². The van der Waals surface area contributed by atoms with Crippen molar-refractivity contribution in [3.8, 4) is 5.75 Å². The summed E-state index contributed by atoms with van der Waals surface area (Å²) in [6.45, 7) is 6.94. The average molecular weight is 448 g/mol. The SMILES string of the molecule is CCCCN1C(=O)c2ccc(C(=O)N3CCN(Cc4ccc5c(c4)CCO5)CC3)cc2C1=O. The number of benzene rings is 2. The van der Waals surface area contributed by atoms with Crippen molar-refractivity contribution in [2.75, 3.05) is 39.3 Å². The maximum absolute atomic E-state index is 13.1. The first kappa shape index (κ1) is 21.6. The fraction of sp³-hybridized carbons (Fsp3) is 0.423. The van der Waals surface area contributed by atoms with E-state index in [9.17, 15) is 14.4 Å². The van der Waals surface area contributed by atoms with E-state index in [0.29, 0.717) is 36.3 Å². The number of fused-ring (bicyclic) bond motifs is 2.